The molecule has 2 saturated heterocycles. The van der Waals surface area contributed by atoms with E-state index in [1.807, 2.05) is 13.8 Å². The first kappa shape index (κ1) is 84.5. The van der Waals surface area contributed by atoms with Crippen molar-refractivity contribution in [3.8, 4) is 0 Å². The lowest BCUT2D eigenvalue weighted by molar-refractivity contribution is -0.148. The fourth-order valence-electron chi connectivity index (χ4n) is 13.3. The summed E-state index contributed by atoms with van der Waals surface area (Å²) in [7, 11) is 6.03. The molecule has 102 heavy (non-hydrogen) atoms. The molecule has 11 atom stereocenters. The van der Waals surface area contributed by atoms with Crippen LogP contribution in [0.1, 0.15) is 168 Å². The van der Waals surface area contributed by atoms with Gasteiger partial charge in [-0.1, -0.05) is 118 Å². The van der Waals surface area contributed by atoms with Crippen LogP contribution in [0.2, 0.25) is 0 Å². The second-order valence-electron chi connectivity index (χ2n) is 28.5. The number of benzene rings is 2. The zero-order chi connectivity index (χ0) is 75.7. The van der Waals surface area contributed by atoms with Crippen LogP contribution in [0, 0.1) is 35.0 Å². The van der Waals surface area contributed by atoms with E-state index in [1.54, 1.807) is 115 Å². The second kappa shape index (κ2) is 40.6. The van der Waals surface area contributed by atoms with Gasteiger partial charge in [-0.3, -0.25) is 62.5 Å². The average Bonchev–Trinajstić information content (AvgIpc) is 1.57. The number of ether oxygens (including phenoxy) is 3. The number of hydrogen-bond acceptors (Lipinski definition) is 17. The SMILES string of the molecule is CC[C@H](C)[C@@H]([C@@H](CC(=O)N1CCC[C@H]1[C@H](OC)[C@@H](C)C(=O)NCC(=O)c1ccccc1)OC)N(C)C(=O)[C@@H](NC(=O)[C@H](C(C)C)N(C)C(=O)OCc1ccc(NC(=O)[C@H](CCCNC(N)=O)NC(=O)[C@@H](NC(=O)CCCCCN2C(=O)CC(SCC3(CC(N)=O)CC3)C2=O)C(C)C)cc1)C(C)C. The number of anilines is 1. The van der Waals surface area contributed by atoms with Crippen molar-refractivity contribution < 1.29 is 76.5 Å². The minimum atomic E-state index is -1.13. The van der Waals surface area contributed by atoms with E-state index in [4.69, 9.17) is 25.7 Å². The molecule has 0 spiro atoms. The van der Waals surface area contributed by atoms with Crippen molar-refractivity contribution in [2.75, 3.05) is 65.6 Å². The lowest BCUT2D eigenvalue weighted by Crippen LogP contribution is -2.60. The molecule has 2 aliphatic heterocycles. The highest BCUT2D eigenvalue weighted by Gasteiger charge is 2.48. The Bertz CT molecular complexity index is 3210. The number of urea groups is 1. The molecule has 2 aromatic carbocycles. The molecule has 2 aromatic rings. The van der Waals surface area contributed by atoms with Crippen molar-refractivity contribution in [1.29, 1.82) is 0 Å². The summed E-state index contributed by atoms with van der Waals surface area (Å²) in [5, 5.41) is 16.0. The highest BCUT2D eigenvalue weighted by Crippen LogP contribution is 2.52. The van der Waals surface area contributed by atoms with E-state index in [9.17, 15) is 62.3 Å². The fourth-order valence-corrected chi connectivity index (χ4v) is 14.8. The summed E-state index contributed by atoms with van der Waals surface area (Å²) in [4.78, 5) is 179. The van der Waals surface area contributed by atoms with Crippen molar-refractivity contribution >= 4 is 94.4 Å². The van der Waals surface area contributed by atoms with Gasteiger partial charge in [-0.2, -0.15) is 0 Å². The molecule has 0 bridgehead atoms. The monoisotopic (exact) mass is 1440 g/mol. The number of thioether (sulfide) groups is 1. The minimum absolute atomic E-state index is 0.0595. The molecule has 3 fully saturated rings. The quantitative estimate of drug-likeness (QED) is 0.0233. The summed E-state index contributed by atoms with van der Waals surface area (Å²) >= 11 is 1.40. The molecule has 1 aliphatic carbocycles. The molecular formula is C73H112N12O16S. The number of unbranched alkanes of at least 4 members (excludes halogenated alkanes) is 2. The highest BCUT2D eigenvalue weighted by atomic mass is 32.2. The number of likely N-dealkylation sites (tertiary alicyclic amines) is 2. The van der Waals surface area contributed by atoms with Gasteiger partial charge in [0.25, 0.3) is 0 Å². The molecule has 1 saturated carbocycles. The normalized spacial score (nSPS) is 18.2. The molecule has 13 amide bonds. The van der Waals surface area contributed by atoms with Crippen LogP contribution in [0.4, 0.5) is 15.3 Å². The number of primary amides is 2. The van der Waals surface area contributed by atoms with Gasteiger partial charge >= 0.3 is 12.1 Å². The third-order valence-corrected chi connectivity index (χ3v) is 21.2. The van der Waals surface area contributed by atoms with E-state index in [0.717, 1.165) is 12.8 Å². The second-order valence-corrected chi connectivity index (χ2v) is 29.7. The molecule has 0 aromatic heterocycles. The topological polar surface area (TPSA) is 387 Å². The number of Topliss-reactive ketones (excluding diaryl/α,β-unsaturated/α-hetero) is 1. The number of nitrogens with two attached hydrogens (primary N) is 2. The first-order valence-electron chi connectivity index (χ1n) is 35.7. The van der Waals surface area contributed by atoms with Gasteiger partial charge in [-0.15, -0.1) is 11.8 Å². The van der Waals surface area contributed by atoms with Gasteiger partial charge in [-0.25, -0.2) is 9.59 Å². The van der Waals surface area contributed by atoms with E-state index in [-0.39, 0.29) is 111 Å². The Morgan fingerprint density at radius 2 is 1.40 bits per heavy atom. The maximum Gasteiger partial charge on any atom is 0.410 e. The lowest BCUT2D eigenvalue weighted by Gasteiger charge is -2.41. The van der Waals surface area contributed by atoms with Gasteiger partial charge in [0.15, 0.2) is 5.78 Å². The van der Waals surface area contributed by atoms with E-state index in [0.29, 0.717) is 67.6 Å². The molecule has 2 heterocycles. The standard InChI is InChI=1S/C73H112N12O16S/c1-14-46(8)63(54(99-12)37-58(89)84-36-22-26-52(84)64(100-13)47(9)65(91)77-40-53(86)49-23-17-15-18-24-49)82(10)70(96)61(44(4)5)81-68(94)62(45(6)7)83(11)72(98)101-41-48-28-30-50(31-29-48)78-66(92)51(25-21-34-76-71(75)97)79-67(93)60(43(2)3)80-57(88)27-19-16-20-35-85-59(90)38-55(69(85)95)102-42-73(32-33-73)39-56(74)87/h15,17-18,23-24,28-31,43-47,51-52,54-55,60-64H,14,16,19-22,25-27,32-42H2,1-13H3,(H2,74,87)(H,77,91)(H,78,92)(H,79,93)(H,80,88)(H,81,94)(H3,75,76,97)/t46-,47+,51-,52-,54+,55?,60-,61-,62-,63-,64+/m0/s1. The number of methoxy groups -OCH3 is 2. The van der Waals surface area contributed by atoms with Crippen LogP contribution in [0.5, 0.6) is 0 Å². The number of carbonyl (C=O) groups is 13. The van der Waals surface area contributed by atoms with Crippen molar-refractivity contribution in [3.63, 3.8) is 0 Å². The summed E-state index contributed by atoms with van der Waals surface area (Å²) in [6, 6.07) is 8.82. The van der Waals surface area contributed by atoms with Crippen LogP contribution >= 0.6 is 11.8 Å². The van der Waals surface area contributed by atoms with Gasteiger partial charge in [0, 0.05) is 84.2 Å². The van der Waals surface area contributed by atoms with Gasteiger partial charge < -0.3 is 67.4 Å². The van der Waals surface area contributed by atoms with Crippen LogP contribution in [-0.2, 0) is 68.8 Å². The van der Waals surface area contributed by atoms with E-state index in [1.165, 1.54) is 47.7 Å². The number of imide groups is 1. The fraction of sp³-hybridized carbons (Fsp3) is 0.658. The predicted octanol–water partition coefficient (Wildman–Crippen LogP) is 5.43. The molecule has 3 aliphatic rings. The van der Waals surface area contributed by atoms with Crippen LogP contribution in [0.3, 0.4) is 0 Å². The summed E-state index contributed by atoms with van der Waals surface area (Å²) in [5.41, 5.74) is 11.8. The molecule has 29 heteroatoms. The zero-order valence-electron chi connectivity index (χ0n) is 61.8. The van der Waals surface area contributed by atoms with Crippen LogP contribution in [0.15, 0.2) is 54.6 Å². The third-order valence-electron chi connectivity index (χ3n) is 19.6. The number of nitrogens with zero attached hydrogens (tertiary/aromatic N) is 4. The number of ketones is 1. The first-order chi connectivity index (χ1) is 48.3. The summed E-state index contributed by atoms with van der Waals surface area (Å²) < 4.78 is 17.7. The predicted molar refractivity (Wildman–Crippen MR) is 385 cm³/mol. The number of carbonyl (C=O) groups excluding carboxylic acids is 13. The summed E-state index contributed by atoms with van der Waals surface area (Å²) in [6.45, 7) is 16.5. The number of rotatable bonds is 43. The molecular weight excluding hydrogens is 1330 g/mol. The minimum Gasteiger partial charge on any atom is -0.445 e. The molecule has 0 radical (unpaired) electrons. The van der Waals surface area contributed by atoms with E-state index >= 15 is 0 Å². The lowest BCUT2D eigenvalue weighted by atomic mass is 9.89. The van der Waals surface area contributed by atoms with Gasteiger partial charge in [0.2, 0.25) is 59.1 Å². The smallest absolute Gasteiger partial charge is 0.410 e. The van der Waals surface area contributed by atoms with Gasteiger partial charge in [0.1, 0.15) is 30.8 Å². The van der Waals surface area contributed by atoms with Gasteiger partial charge in [0.05, 0.1) is 48.4 Å². The Morgan fingerprint density at radius 1 is 0.735 bits per heavy atom. The highest BCUT2D eigenvalue weighted by molar-refractivity contribution is 8.00. The Morgan fingerprint density at radius 3 is 1.99 bits per heavy atom. The van der Waals surface area contributed by atoms with E-state index in [2.05, 4.69) is 31.9 Å². The van der Waals surface area contributed by atoms with Crippen molar-refractivity contribution in [1.82, 2.24) is 46.2 Å². The van der Waals surface area contributed by atoms with Crippen molar-refractivity contribution in [2.24, 2.45) is 46.5 Å². The first-order valence-corrected chi connectivity index (χ1v) is 36.8. The van der Waals surface area contributed by atoms with Gasteiger partial charge in [-0.05, 0) is 98.1 Å². The van der Waals surface area contributed by atoms with Crippen molar-refractivity contribution in [2.45, 2.75) is 213 Å². The largest absolute Gasteiger partial charge is 0.445 e. The summed E-state index contributed by atoms with van der Waals surface area (Å²) in [6.07, 6.45) is 3.31. The molecule has 1 unspecified atom stereocenters. The summed E-state index contributed by atoms with van der Waals surface area (Å²) in [5.74, 6) is -6.02. The van der Waals surface area contributed by atoms with Crippen LogP contribution in [0.25, 0.3) is 0 Å². The Balaban J connectivity index is 1.14. The number of nitrogens with one attached hydrogen (secondary N) is 6. The van der Waals surface area contributed by atoms with Crippen LogP contribution < -0.4 is 43.4 Å². The Hall–Kier alpha value is -8.18. The van der Waals surface area contributed by atoms with Crippen LogP contribution in [-0.4, -0.2) is 211 Å². The number of likely N-dealkylation sites (N-methyl/N-ethyl adjacent to an activating group) is 2. The molecule has 28 nitrogen and oxygen atoms in total. The number of hydrogen-bond donors (Lipinski definition) is 8. The maximum absolute atomic E-state index is 14.8. The molecule has 10 N–H and O–H groups in total. The molecule has 5 rings (SSSR count). The maximum atomic E-state index is 14.8. The number of amides is 13. The third kappa shape index (κ3) is 24.8. The molecule has 566 valence electrons. The zero-order valence-corrected chi connectivity index (χ0v) is 62.6. The average molecular weight is 1450 g/mol. The Labute approximate surface area is 604 Å². The Kier molecular flexibility index (Phi) is 33.6. The van der Waals surface area contributed by atoms with E-state index < -0.39 is 119 Å². The van der Waals surface area contributed by atoms with Crippen molar-refractivity contribution in [3.05, 3.63) is 65.7 Å².